The van der Waals surface area contributed by atoms with Crippen molar-refractivity contribution in [2.45, 2.75) is 19.8 Å². The molecule has 2 aromatic carbocycles. The molecular weight excluding hydrogens is 368 g/mol. The monoisotopic (exact) mass is 386 g/mol. The van der Waals surface area contributed by atoms with Gasteiger partial charge in [0.05, 0.1) is 22.3 Å². The highest BCUT2D eigenvalue weighted by atomic mass is 35.5. The van der Waals surface area contributed by atoms with E-state index in [4.69, 9.17) is 16.3 Å². The Kier molecular flexibility index (Phi) is 5.59. The largest absolute Gasteiger partial charge is 0.495 e. The van der Waals surface area contributed by atoms with Crippen LogP contribution in [0.2, 0.25) is 5.02 Å². The summed E-state index contributed by atoms with van der Waals surface area (Å²) in [5.41, 5.74) is 2.98. The second-order valence-electron chi connectivity index (χ2n) is 6.12. The van der Waals surface area contributed by atoms with Gasteiger partial charge in [0.15, 0.2) is 5.13 Å². The highest BCUT2D eigenvalue weighted by Crippen LogP contribution is 2.34. The van der Waals surface area contributed by atoms with Crippen molar-refractivity contribution in [1.82, 2.24) is 4.98 Å². The molecule has 1 heterocycles. The van der Waals surface area contributed by atoms with E-state index in [1.807, 2.05) is 18.2 Å². The Morgan fingerprint density at radius 3 is 2.65 bits per heavy atom. The fourth-order valence-electron chi connectivity index (χ4n) is 2.45. The summed E-state index contributed by atoms with van der Waals surface area (Å²) in [7, 11) is 1.56. The molecule has 1 aromatic heterocycles. The number of nitrogens with zero attached hydrogens (tertiary/aromatic N) is 1. The number of methoxy groups -OCH3 is 1. The van der Waals surface area contributed by atoms with Crippen LogP contribution in [0.3, 0.4) is 0 Å². The summed E-state index contributed by atoms with van der Waals surface area (Å²) in [6, 6.07) is 11.7. The molecule has 0 fully saturated rings. The van der Waals surface area contributed by atoms with Gasteiger partial charge in [0.25, 0.3) is 0 Å². The molecule has 0 aliphatic heterocycles. The Bertz CT molecular complexity index is 962. The number of thiazole rings is 1. The molecule has 26 heavy (non-hydrogen) atoms. The average molecular weight is 387 g/mol. The van der Waals surface area contributed by atoms with Crippen molar-refractivity contribution in [3.8, 4) is 5.75 Å². The molecule has 4 nitrogen and oxygen atoms in total. The van der Waals surface area contributed by atoms with Crippen LogP contribution in [-0.4, -0.2) is 18.0 Å². The number of fused-ring (bicyclic) bond motifs is 1. The van der Waals surface area contributed by atoms with Gasteiger partial charge in [0.2, 0.25) is 5.91 Å². The molecule has 1 amide bonds. The minimum Gasteiger partial charge on any atom is -0.495 e. The maximum absolute atomic E-state index is 12.1. The van der Waals surface area contributed by atoms with Crippen LogP contribution < -0.4 is 10.1 Å². The van der Waals surface area contributed by atoms with Crippen LogP contribution >= 0.6 is 22.9 Å². The normalized spacial score (nSPS) is 11.4. The van der Waals surface area contributed by atoms with E-state index in [9.17, 15) is 4.79 Å². The van der Waals surface area contributed by atoms with Crippen LogP contribution in [0, 0.1) is 0 Å². The number of carbonyl (C=O) groups is 1. The van der Waals surface area contributed by atoms with Crippen LogP contribution in [0.5, 0.6) is 5.75 Å². The Hall–Kier alpha value is -2.37. The molecule has 3 rings (SSSR count). The van der Waals surface area contributed by atoms with Gasteiger partial charge in [-0.25, -0.2) is 4.98 Å². The molecule has 0 saturated heterocycles. The van der Waals surface area contributed by atoms with Gasteiger partial charge in [-0.15, -0.1) is 0 Å². The van der Waals surface area contributed by atoms with Crippen LogP contribution in [0.1, 0.15) is 30.9 Å². The van der Waals surface area contributed by atoms with E-state index in [-0.39, 0.29) is 5.91 Å². The standard InChI is InChI=1S/C20H19ClN2O2S/c1-12(2)14-7-4-13(5-8-14)6-9-19(24)23-20-22-16-10-15(21)17(25-3)11-18(16)26-20/h4-12H,1-3H3,(H,22,23,24)/b9-6+. The minimum absolute atomic E-state index is 0.227. The molecule has 1 N–H and O–H groups in total. The molecule has 0 radical (unpaired) electrons. The maximum atomic E-state index is 12.1. The SMILES string of the molecule is COc1cc2sc(NC(=O)/C=C/c3ccc(C(C)C)cc3)nc2cc1Cl. The first kappa shape index (κ1) is 18.4. The first-order valence-electron chi connectivity index (χ1n) is 8.19. The Morgan fingerprint density at radius 2 is 2.00 bits per heavy atom. The van der Waals surface area contributed by atoms with Crippen molar-refractivity contribution in [2.24, 2.45) is 0 Å². The third-order valence-corrected chi connectivity index (χ3v) is 5.15. The average Bonchev–Trinajstić information content (AvgIpc) is 3.00. The lowest BCUT2D eigenvalue weighted by Crippen LogP contribution is -2.07. The predicted molar refractivity (Wildman–Crippen MR) is 109 cm³/mol. The number of benzene rings is 2. The van der Waals surface area contributed by atoms with Crippen molar-refractivity contribution < 1.29 is 9.53 Å². The van der Waals surface area contributed by atoms with Crippen molar-refractivity contribution in [3.05, 3.63) is 58.6 Å². The molecule has 0 unspecified atom stereocenters. The Morgan fingerprint density at radius 1 is 1.27 bits per heavy atom. The quantitative estimate of drug-likeness (QED) is 0.569. The van der Waals surface area contributed by atoms with E-state index in [1.54, 1.807) is 19.3 Å². The zero-order valence-electron chi connectivity index (χ0n) is 14.7. The summed E-state index contributed by atoms with van der Waals surface area (Å²) in [5.74, 6) is 0.850. The number of rotatable bonds is 5. The van der Waals surface area contributed by atoms with Crippen molar-refractivity contribution in [1.29, 1.82) is 0 Å². The lowest BCUT2D eigenvalue weighted by atomic mass is 10.0. The van der Waals surface area contributed by atoms with Crippen molar-refractivity contribution in [2.75, 3.05) is 12.4 Å². The molecule has 0 atom stereocenters. The van der Waals surface area contributed by atoms with Gasteiger partial charge in [-0.2, -0.15) is 0 Å². The summed E-state index contributed by atoms with van der Waals surface area (Å²) < 4.78 is 6.10. The third kappa shape index (κ3) is 4.23. The van der Waals surface area contributed by atoms with Gasteiger partial charge < -0.3 is 4.74 Å². The molecule has 0 spiro atoms. The summed E-state index contributed by atoms with van der Waals surface area (Å²) in [4.78, 5) is 16.5. The van der Waals surface area contributed by atoms with Crippen molar-refractivity contribution in [3.63, 3.8) is 0 Å². The smallest absolute Gasteiger partial charge is 0.250 e. The van der Waals surface area contributed by atoms with Gasteiger partial charge in [-0.1, -0.05) is 61.1 Å². The summed E-state index contributed by atoms with van der Waals surface area (Å²) >= 11 is 7.48. The van der Waals surface area contributed by atoms with E-state index in [0.29, 0.717) is 21.8 Å². The highest BCUT2D eigenvalue weighted by Gasteiger charge is 2.10. The number of halogens is 1. The number of amides is 1. The maximum Gasteiger partial charge on any atom is 0.250 e. The second kappa shape index (κ2) is 7.89. The lowest BCUT2D eigenvalue weighted by Gasteiger charge is -2.04. The molecule has 0 bridgehead atoms. The van der Waals surface area contributed by atoms with Crippen LogP contribution in [-0.2, 0) is 4.79 Å². The van der Waals surface area contributed by atoms with E-state index in [2.05, 4.69) is 36.3 Å². The number of hydrogen-bond donors (Lipinski definition) is 1. The van der Waals surface area contributed by atoms with E-state index >= 15 is 0 Å². The fraction of sp³-hybridized carbons (Fsp3) is 0.200. The van der Waals surface area contributed by atoms with Gasteiger partial charge in [0.1, 0.15) is 5.75 Å². The zero-order valence-corrected chi connectivity index (χ0v) is 16.3. The first-order valence-corrected chi connectivity index (χ1v) is 9.39. The third-order valence-electron chi connectivity index (χ3n) is 3.92. The Labute approximate surface area is 161 Å². The topological polar surface area (TPSA) is 51.2 Å². The molecule has 134 valence electrons. The van der Waals surface area contributed by atoms with E-state index < -0.39 is 0 Å². The lowest BCUT2D eigenvalue weighted by molar-refractivity contribution is -0.111. The number of aromatic nitrogens is 1. The van der Waals surface area contributed by atoms with Crippen LogP contribution in [0.15, 0.2) is 42.5 Å². The summed E-state index contributed by atoms with van der Waals surface area (Å²) in [6.07, 6.45) is 3.29. The minimum atomic E-state index is -0.227. The second-order valence-corrected chi connectivity index (χ2v) is 7.56. The van der Waals surface area contributed by atoms with Crippen molar-refractivity contribution >= 4 is 50.3 Å². The molecule has 0 aliphatic carbocycles. The Balaban J connectivity index is 1.70. The van der Waals surface area contributed by atoms with Gasteiger partial charge in [-0.05, 0) is 29.2 Å². The van der Waals surface area contributed by atoms with Crippen LogP contribution in [0.25, 0.3) is 16.3 Å². The van der Waals surface area contributed by atoms with E-state index in [1.165, 1.54) is 23.0 Å². The fourth-order valence-corrected chi connectivity index (χ4v) is 3.56. The molecule has 0 saturated carbocycles. The van der Waals surface area contributed by atoms with Gasteiger partial charge >= 0.3 is 0 Å². The molecule has 3 aromatic rings. The number of nitrogens with one attached hydrogen (secondary N) is 1. The molecule has 0 aliphatic rings. The highest BCUT2D eigenvalue weighted by molar-refractivity contribution is 7.22. The van der Waals surface area contributed by atoms with Gasteiger partial charge in [0, 0.05) is 12.1 Å². The van der Waals surface area contributed by atoms with Gasteiger partial charge in [-0.3, -0.25) is 10.1 Å². The van der Waals surface area contributed by atoms with Crippen LogP contribution in [0.4, 0.5) is 5.13 Å². The number of carbonyl (C=O) groups excluding carboxylic acids is 1. The summed E-state index contributed by atoms with van der Waals surface area (Å²) in [6.45, 7) is 4.30. The predicted octanol–water partition coefficient (Wildman–Crippen LogP) is 5.73. The van der Waals surface area contributed by atoms with E-state index in [0.717, 1.165) is 15.8 Å². The number of anilines is 1. The molecule has 6 heteroatoms. The molecular formula is C20H19ClN2O2S. The zero-order chi connectivity index (χ0) is 18.7. The first-order chi connectivity index (χ1) is 12.5. The number of ether oxygens (including phenoxy) is 1. The summed E-state index contributed by atoms with van der Waals surface area (Å²) in [5, 5.41) is 3.80. The number of hydrogen-bond acceptors (Lipinski definition) is 4.